The standard InChI is InChI=1S/C26H24F4N6O/c1-34(25(37)20-8-7-16(27)15-21(20)26(28,29)30)17-10-13-36(14-11-17)24-19-6-4-3-5-18(19)23(32-33-24)22-9-12-31-35(22)2/h3-9,12,15,17H,10-11,13-14H2,1-2H3/i2D3. The van der Waals surface area contributed by atoms with Crippen LogP contribution in [0.3, 0.4) is 0 Å². The van der Waals surface area contributed by atoms with E-state index in [2.05, 4.69) is 15.3 Å². The van der Waals surface area contributed by atoms with Gasteiger partial charge >= 0.3 is 6.18 Å². The average molecular weight is 516 g/mol. The Kier molecular flexibility index (Phi) is 5.39. The number of aryl methyl sites for hydroxylation is 1. The van der Waals surface area contributed by atoms with Crippen LogP contribution >= 0.6 is 0 Å². The minimum atomic E-state index is -4.87. The van der Waals surface area contributed by atoms with Crippen LogP contribution in [-0.2, 0) is 13.2 Å². The largest absolute Gasteiger partial charge is 0.417 e. The molecule has 1 amide bonds. The Labute approximate surface area is 214 Å². The van der Waals surface area contributed by atoms with E-state index in [4.69, 9.17) is 4.11 Å². The zero-order valence-electron chi connectivity index (χ0n) is 22.7. The van der Waals surface area contributed by atoms with Crippen molar-refractivity contribution in [1.29, 1.82) is 0 Å². The van der Waals surface area contributed by atoms with E-state index in [0.29, 0.717) is 54.6 Å². The van der Waals surface area contributed by atoms with Gasteiger partial charge in [-0.1, -0.05) is 24.3 Å². The van der Waals surface area contributed by atoms with Crippen LogP contribution < -0.4 is 4.90 Å². The molecule has 0 N–H and O–H groups in total. The predicted molar refractivity (Wildman–Crippen MR) is 130 cm³/mol. The molecule has 4 aromatic rings. The molecule has 0 spiro atoms. The maximum atomic E-state index is 13.5. The Morgan fingerprint density at radius 3 is 2.51 bits per heavy atom. The molecule has 0 saturated carbocycles. The van der Waals surface area contributed by atoms with Crippen LogP contribution in [0.2, 0.25) is 0 Å². The van der Waals surface area contributed by atoms with Crippen LogP contribution in [0.4, 0.5) is 23.4 Å². The normalized spacial score (nSPS) is 16.4. The molecular formula is C26H24F4N6O. The molecule has 11 heteroatoms. The first-order valence-corrected chi connectivity index (χ1v) is 11.6. The smallest absolute Gasteiger partial charge is 0.354 e. The quantitative estimate of drug-likeness (QED) is 0.361. The van der Waals surface area contributed by atoms with Gasteiger partial charge in [-0.25, -0.2) is 4.39 Å². The minimum absolute atomic E-state index is 0.299. The third-order valence-corrected chi connectivity index (χ3v) is 6.70. The fraction of sp³-hybridized carbons (Fsp3) is 0.308. The van der Waals surface area contributed by atoms with Crippen molar-refractivity contribution < 1.29 is 26.5 Å². The summed E-state index contributed by atoms with van der Waals surface area (Å²) in [6, 6.07) is 10.6. The summed E-state index contributed by atoms with van der Waals surface area (Å²) in [6.45, 7) is -1.60. The Hall–Kier alpha value is -4.02. The number of alkyl halides is 3. The highest BCUT2D eigenvalue weighted by Gasteiger charge is 2.37. The highest BCUT2D eigenvalue weighted by atomic mass is 19.4. The highest BCUT2D eigenvalue weighted by Crippen LogP contribution is 2.35. The van der Waals surface area contributed by atoms with Crippen LogP contribution in [0.25, 0.3) is 22.2 Å². The van der Waals surface area contributed by atoms with E-state index < -0.39 is 36.0 Å². The summed E-state index contributed by atoms with van der Waals surface area (Å²) in [7, 11) is 1.45. The molecule has 1 fully saturated rings. The first kappa shape index (κ1) is 21.1. The molecular weight excluding hydrogens is 488 g/mol. The SMILES string of the molecule is [2H]C([2H])([2H])n1nccc1-c1nnc(N2CCC(N(C)C(=O)c3ccc(F)cc3C(F)(F)F)CC2)c2ccccc12. The number of hydrogen-bond donors (Lipinski definition) is 0. The van der Waals surface area contributed by atoms with Crippen molar-refractivity contribution in [1.82, 2.24) is 24.9 Å². The lowest BCUT2D eigenvalue weighted by Crippen LogP contribution is -2.46. The summed E-state index contributed by atoms with van der Waals surface area (Å²) in [5, 5.41) is 14.1. The summed E-state index contributed by atoms with van der Waals surface area (Å²) in [4.78, 5) is 16.3. The van der Waals surface area contributed by atoms with Crippen molar-refractivity contribution in [2.24, 2.45) is 6.98 Å². The third kappa shape index (κ3) is 4.61. The second-order valence-electron chi connectivity index (χ2n) is 8.87. The van der Waals surface area contributed by atoms with Gasteiger partial charge in [0.05, 0.1) is 16.8 Å². The van der Waals surface area contributed by atoms with Gasteiger partial charge in [-0.05, 0) is 37.1 Å². The zero-order chi connectivity index (χ0) is 28.8. The van der Waals surface area contributed by atoms with Gasteiger partial charge in [0, 0.05) is 54.2 Å². The molecule has 192 valence electrons. The van der Waals surface area contributed by atoms with E-state index in [1.807, 2.05) is 29.2 Å². The van der Waals surface area contributed by atoms with E-state index in [1.54, 1.807) is 6.07 Å². The number of benzene rings is 2. The number of carbonyl (C=O) groups excluding carboxylic acids is 1. The number of fused-ring (bicyclic) bond motifs is 1. The van der Waals surface area contributed by atoms with Gasteiger partial charge in [-0.15, -0.1) is 10.2 Å². The molecule has 0 radical (unpaired) electrons. The molecule has 37 heavy (non-hydrogen) atoms. The van der Waals surface area contributed by atoms with Crippen LogP contribution in [0.15, 0.2) is 54.7 Å². The van der Waals surface area contributed by atoms with Crippen LogP contribution in [-0.4, -0.2) is 57.0 Å². The second kappa shape index (κ2) is 9.45. The lowest BCUT2D eigenvalue weighted by molar-refractivity contribution is -0.138. The molecule has 1 saturated heterocycles. The number of piperidine rings is 1. The molecule has 2 aromatic carbocycles. The number of hydrogen-bond acceptors (Lipinski definition) is 5. The van der Waals surface area contributed by atoms with Crippen molar-refractivity contribution in [3.8, 4) is 11.4 Å². The maximum Gasteiger partial charge on any atom is 0.417 e. The Morgan fingerprint density at radius 2 is 1.81 bits per heavy atom. The van der Waals surface area contributed by atoms with Gasteiger partial charge in [0.25, 0.3) is 5.91 Å². The zero-order valence-corrected chi connectivity index (χ0v) is 19.7. The number of nitrogens with zero attached hydrogens (tertiary/aromatic N) is 6. The molecule has 1 aliphatic rings. The van der Waals surface area contributed by atoms with E-state index in [1.165, 1.54) is 18.1 Å². The van der Waals surface area contributed by atoms with Crippen molar-refractivity contribution in [2.45, 2.75) is 25.1 Å². The number of carbonyl (C=O) groups is 1. The van der Waals surface area contributed by atoms with Gasteiger partial charge in [0.15, 0.2) is 5.82 Å². The first-order chi connectivity index (χ1) is 18.9. The van der Waals surface area contributed by atoms with E-state index in [0.717, 1.165) is 22.2 Å². The number of halogens is 4. The molecule has 1 aliphatic heterocycles. The fourth-order valence-corrected chi connectivity index (χ4v) is 4.75. The molecule has 5 rings (SSSR count). The van der Waals surface area contributed by atoms with Crippen molar-refractivity contribution in [3.05, 3.63) is 71.7 Å². The number of rotatable bonds is 4. The maximum absolute atomic E-state index is 13.5. The second-order valence-corrected chi connectivity index (χ2v) is 8.87. The lowest BCUT2D eigenvalue weighted by Gasteiger charge is -2.37. The number of amides is 1. The number of anilines is 1. The summed E-state index contributed by atoms with van der Waals surface area (Å²) in [6.07, 6.45) is -2.58. The average Bonchev–Trinajstić information content (AvgIpc) is 3.42. The Morgan fingerprint density at radius 1 is 1.08 bits per heavy atom. The van der Waals surface area contributed by atoms with Crippen molar-refractivity contribution in [3.63, 3.8) is 0 Å². The molecule has 0 bridgehead atoms. The fourth-order valence-electron chi connectivity index (χ4n) is 4.75. The molecule has 2 aromatic heterocycles. The molecule has 3 heterocycles. The molecule has 7 nitrogen and oxygen atoms in total. The van der Waals surface area contributed by atoms with Crippen molar-refractivity contribution >= 4 is 22.5 Å². The summed E-state index contributed by atoms with van der Waals surface area (Å²) in [5.41, 5.74) is -1.23. The van der Waals surface area contributed by atoms with Crippen LogP contribution in [0.1, 0.15) is 32.9 Å². The van der Waals surface area contributed by atoms with E-state index >= 15 is 0 Å². The molecule has 0 aliphatic carbocycles. The number of aromatic nitrogens is 4. The Balaban J connectivity index is 1.37. The Bertz CT molecular complexity index is 1560. The van der Waals surface area contributed by atoms with Crippen molar-refractivity contribution in [2.75, 3.05) is 25.0 Å². The third-order valence-electron chi connectivity index (χ3n) is 6.70. The molecule has 0 unspecified atom stereocenters. The van der Waals surface area contributed by atoms with Gasteiger partial charge in [-0.3, -0.25) is 9.48 Å². The van der Waals surface area contributed by atoms with E-state index in [9.17, 15) is 22.4 Å². The summed E-state index contributed by atoms with van der Waals surface area (Å²) < 4.78 is 78.1. The first-order valence-electron chi connectivity index (χ1n) is 13.1. The molecule has 0 atom stereocenters. The van der Waals surface area contributed by atoms with Crippen LogP contribution in [0, 0.1) is 5.82 Å². The van der Waals surface area contributed by atoms with Crippen LogP contribution in [0.5, 0.6) is 0 Å². The predicted octanol–water partition coefficient (Wildman–Crippen LogP) is 4.93. The topological polar surface area (TPSA) is 67.2 Å². The lowest BCUT2D eigenvalue weighted by atomic mass is 10.00. The minimum Gasteiger partial charge on any atom is -0.354 e. The highest BCUT2D eigenvalue weighted by molar-refractivity contribution is 6.00. The van der Waals surface area contributed by atoms with Gasteiger partial charge in [0.1, 0.15) is 11.5 Å². The van der Waals surface area contributed by atoms with E-state index in [-0.39, 0.29) is 6.04 Å². The summed E-state index contributed by atoms with van der Waals surface area (Å²) in [5.74, 6) is -1.32. The van der Waals surface area contributed by atoms with Gasteiger partial charge < -0.3 is 9.80 Å². The summed E-state index contributed by atoms with van der Waals surface area (Å²) >= 11 is 0. The van der Waals surface area contributed by atoms with Gasteiger partial charge in [0.2, 0.25) is 0 Å². The van der Waals surface area contributed by atoms with Gasteiger partial charge in [-0.2, -0.15) is 18.3 Å². The monoisotopic (exact) mass is 515 g/mol.